The van der Waals surface area contributed by atoms with Gasteiger partial charge in [-0.15, -0.1) is 0 Å². The van der Waals surface area contributed by atoms with Crippen molar-refractivity contribution in [2.24, 2.45) is 11.3 Å². The molecule has 0 radical (unpaired) electrons. The van der Waals surface area contributed by atoms with Crippen molar-refractivity contribution in [2.45, 2.75) is 90.8 Å². The average molecular weight is 417 g/mol. The predicted octanol–water partition coefficient (Wildman–Crippen LogP) is 4.71. The number of ether oxygens (including phenoxy) is 2. The van der Waals surface area contributed by atoms with Gasteiger partial charge in [0.25, 0.3) is 0 Å². The molecule has 5 unspecified atom stereocenters. The molecular formula is C25H36O5. The molecule has 2 N–H and O–H groups in total. The maximum Gasteiger partial charge on any atom is 0.333 e. The van der Waals surface area contributed by atoms with Gasteiger partial charge in [-0.05, 0) is 75.7 Å². The van der Waals surface area contributed by atoms with Crippen molar-refractivity contribution in [3.63, 3.8) is 0 Å². The van der Waals surface area contributed by atoms with Crippen LogP contribution in [0.3, 0.4) is 0 Å². The normalized spacial score (nSPS) is 34.6. The molecule has 0 saturated heterocycles. The van der Waals surface area contributed by atoms with Crippen LogP contribution in [0.1, 0.15) is 72.1 Å². The second kappa shape index (κ2) is 9.63. The number of carbonyl (C=O) groups is 1. The van der Waals surface area contributed by atoms with E-state index in [1.165, 1.54) is 42.9 Å². The molecule has 0 spiro atoms. The van der Waals surface area contributed by atoms with Crippen LogP contribution in [0.15, 0.2) is 47.1 Å². The number of rotatable bonds is 8. The summed E-state index contributed by atoms with van der Waals surface area (Å²) < 4.78 is 10.3. The lowest BCUT2D eigenvalue weighted by molar-refractivity contribution is -0.155. The van der Waals surface area contributed by atoms with E-state index in [2.05, 4.69) is 33.4 Å². The highest BCUT2D eigenvalue weighted by molar-refractivity contribution is 5.85. The molecule has 0 amide bonds. The highest BCUT2D eigenvalue weighted by atomic mass is 16.6. The number of cyclic esters (lactones) is 1. The van der Waals surface area contributed by atoms with Crippen LogP contribution in [-0.4, -0.2) is 34.9 Å². The summed E-state index contributed by atoms with van der Waals surface area (Å²) in [7, 11) is 0. The van der Waals surface area contributed by atoms with E-state index in [0.29, 0.717) is 23.3 Å². The molecule has 1 aliphatic carbocycles. The SMILES string of the molecule is C=C(C)C1(CCC(C)=CCCC2=CCC(C3=CC(=O)OC3O)OC2O)CCCC1C. The Morgan fingerprint density at radius 1 is 1.33 bits per heavy atom. The van der Waals surface area contributed by atoms with E-state index >= 15 is 0 Å². The maximum atomic E-state index is 11.3. The molecule has 1 fully saturated rings. The molecule has 5 nitrogen and oxygen atoms in total. The van der Waals surface area contributed by atoms with E-state index in [-0.39, 0.29) is 0 Å². The van der Waals surface area contributed by atoms with Crippen LogP contribution >= 0.6 is 0 Å². The van der Waals surface area contributed by atoms with E-state index in [1.807, 2.05) is 6.08 Å². The minimum atomic E-state index is -1.28. The lowest BCUT2D eigenvalue weighted by Gasteiger charge is -2.35. The predicted molar refractivity (Wildman–Crippen MR) is 116 cm³/mol. The zero-order valence-electron chi connectivity index (χ0n) is 18.5. The van der Waals surface area contributed by atoms with E-state index in [1.54, 1.807) is 0 Å². The molecule has 0 aromatic rings. The smallest absolute Gasteiger partial charge is 0.333 e. The van der Waals surface area contributed by atoms with Gasteiger partial charge < -0.3 is 19.7 Å². The largest absolute Gasteiger partial charge is 0.429 e. The Kier molecular flexibility index (Phi) is 7.38. The van der Waals surface area contributed by atoms with Gasteiger partial charge in [0, 0.05) is 11.6 Å². The van der Waals surface area contributed by atoms with Gasteiger partial charge in [0.05, 0.1) is 6.10 Å². The highest BCUT2D eigenvalue weighted by Crippen LogP contribution is 2.51. The molecular weight excluding hydrogens is 380 g/mol. The standard InChI is InChI=1S/C25H36O5/c1-16(2)25(13-6-8-18(25)4)14-12-17(3)7-5-9-19-10-11-21(29-23(19)27)20-15-22(26)30-24(20)28/h7,10,15,18,21,23-24,27-28H,1,5-6,8-9,11-14H2,2-4H3. The first kappa shape index (κ1) is 23.0. The summed E-state index contributed by atoms with van der Waals surface area (Å²) in [5, 5.41) is 20.1. The number of hydrogen-bond donors (Lipinski definition) is 2. The number of allylic oxidation sites excluding steroid dienone is 3. The minimum absolute atomic E-state index is 0.296. The Balaban J connectivity index is 1.49. The van der Waals surface area contributed by atoms with Gasteiger partial charge in [-0.2, -0.15) is 0 Å². The van der Waals surface area contributed by atoms with Crippen molar-refractivity contribution in [1.82, 2.24) is 0 Å². The summed E-state index contributed by atoms with van der Waals surface area (Å²) in [6.07, 6.45) is 10.8. The third-order valence-electron chi connectivity index (χ3n) is 7.32. The Labute approximate surface area is 180 Å². The van der Waals surface area contributed by atoms with Gasteiger partial charge in [0.15, 0.2) is 6.29 Å². The van der Waals surface area contributed by atoms with Crippen LogP contribution in [0, 0.1) is 11.3 Å². The van der Waals surface area contributed by atoms with Crippen LogP contribution < -0.4 is 0 Å². The summed E-state index contributed by atoms with van der Waals surface area (Å²) in [5.74, 6) is 0.135. The van der Waals surface area contributed by atoms with E-state index in [0.717, 1.165) is 24.8 Å². The lowest BCUT2D eigenvalue weighted by atomic mass is 9.70. The monoisotopic (exact) mass is 416 g/mol. The Hall–Kier alpha value is -1.69. The second-order valence-corrected chi connectivity index (χ2v) is 9.24. The van der Waals surface area contributed by atoms with Crippen LogP contribution in [0.5, 0.6) is 0 Å². The van der Waals surface area contributed by atoms with Gasteiger partial charge in [0.1, 0.15) is 0 Å². The highest BCUT2D eigenvalue weighted by Gasteiger charge is 2.40. The number of aliphatic hydroxyl groups is 2. The van der Waals surface area contributed by atoms with Gasteiger partial charge in [-0.1, -0.05) is 43.2 Å². The number of aliphatic hydroxyl groups excluding tert-OH is 2. The fourth-order valence-electron chi connectivity index (χ4n) is 5.24. The van der Waals surface area contributed by atoms with Crippen molar-refractivity contribution in [2.75, 3.05) is 0 Å². The Bertz CT molecular complexity index is 762. The average Bonchev–Trinajstić information content (AvgIpc) is 3.23. The summed E-state index contributed by atoms with van der Waals surface area (Å²) in [4.78, 5) is 11.3. The fraction of sp³-hybridized carbons (Fsp3) is 0.640. The summed E-state index contributed by atoms with van der Waals surface area (Å²) >= 11 is 0. The summed E-state index contributed by atoms with van der Waals surface area (Å²) in [6, 6.07) is 0. The molecule has 5 heteroatoms. The molecule has 2 aliphatic heterocycles. The van der Waals surface area contributed by atoms with Crippen LogP contribution in [0.4, 0.5) is 0 Å². The fourth-order valence-corrected chi connectivity index (χ4v) is 5.24. The van der Waals surface area contributed by atoms with Gasteiger partial charge >= 0.3 is 5.97 Å². The number of hydrogen-bond acceptors (Lipinski definition) is 5. The van der Waals surface area contributed by atoms with Crippen molar-refractivity contribution >= 4 is 5.97 Å². The molecule has 0 aromatic carbocycles. The molecule has 0 bridgehead atoms. The molecule has 2 heterocycles. The first-order valence-electron chi connectivity index (χ1n) is 11.2. The summed E-state index contributed by atoms with van der Waals surface area (Å²) in [6.45, 7) is 11.0. The second-order valence-electron chi connectivity index (χ2n) is 9.24. The molecule has 3 aliphatic rings. The minimum Gasteiger partial charge on any atom is -0.429 e. The van der Waals surface area contributed by atoms with Crippen LogP contribution in [0.2, 0.25) is 0 Å². The Morgan fingerprint density at radius 2 is 2.10 bits per heavy atom. The van der Waals surface area contributed by atoms with Gasteiger partial charge in [-0.3, -0.25) is 0 Å². The lowest BCUT2D eigenvalue weighted by Crippen LogP contribution is -2.32. The first-order chi connectivity index (χ1) is 14.2. The quantitative estimate of drug-likeness (QED) is 0.443. The van der Waals surface area contributed by atoms with Crippen molar-refractivity contribution in [1.29, 1.82) is 0 Å². The zero-order chi connectivity index (χ0) is 21.9. The molecule has 3 rings (SSSR count). The van der Waals surface area contributed by atoms with Crippen molar-refractivity contribution < 1.29 is 24.5 Å². The van der Waals surface area contributed by atoms with E-state index in [9.17, 15) is 15.0 Å². The molecule has 166 valence electrons. The van der Waals surface area contributed by atoms with Crippen molar-refractivity contribution in [3.05, 3.63) is 47.1 Å². The zero-order valence-corrected chi connectivity index (χ0v) is 18.5. The third-order valence-corrected chi connectivity index (χ3v) is 7.32. The molecule has 0 aromatic heterocycles. The summed E-state index contributed by atoms with van der Waals surface area (Å²) in [5.41, 5.74) is 4.23. The third kappa shape index (κ3) is 4.96. The Morgan fingerprint density at radius 3 is 2.67 bits per heavy atom. The molecule has 5 atom stereocenters. The van der Waals surface area contributed by atoms with Gasteiger partial charge in [0.2, 0.25) is 6.29 Å². The van der Waals surface area contributed by atoms with E-state index < -0.39 is 24.7 Å². The number of carbonyl (C=O) groups excluding carboxylic acids is 1. The van der Waals surface area contributed by atoms with Crippen LogP contribution in [-0.2, 0) is 14.3 Å². The topological polar surface area (TPSA) is 76.0 Å². The van der Waals surface area contributed by atoms with Crippen LogP contribution in [0.25, 0.3) is 0 Å². The molecule has 1 saturated carbocycles. The first-order valence-corrected chi connectivity index (χ1v) is 11.2. The van der Waals surface area contributed by atoms with E-state index in [4.69, 9.17) is 9.47 Å². The van der Waals surface area contributed by atoms with Crippen molar-refractivity contribution in [3.8, 4) is 0 Å². The number of esters is 1. The van der Waals surface area contributed by atoms with Gasteiger partial charge in [-0.25, -0.2) is 4.79 Å². The molecule has 30 heavy (non-hydrogen) atoms. The maximum absolute atomic E-state index is 11.3.